The molecule has 2 rings (SSSR count). The third kappa shape index (κ3) is 8.14. The van der Waals surface area contributed by atoms with E-state index in [1.165, 1.54) is 44.3 Å². The van der Waals surface area contributed by atoms with Crippen LogP contribution < -0.4 is 5.73 Å². The maximum absolute atomic E-state index is 12.0. The highest BCUT2D eigenvalue weighted by Crippen LogP contribution is 2.27. The average molecular weight is 393 g/mol. The van der Waals surface area contributed by atoms with E-state index in [9.17, 15) is 4.79 Å². The Bertz CT molecular complexity index is 573. The number of nitrogens with two attached hydrogens (primary N) is 1. The number of rotatable bonds is 12. The monoisotopic (exact) mass is 392 g/mol. The Labute approximate surface area is 169 Å². The minimum atomic E-state index is -0.0957. The third-order valence-corrected chi connectivity index (χ3v) is 6.36. The molecular formula is C22H36N2O2S. The summed E-state index contributed by atoms with van der Waals surface area (Å²) in [5, 5.41) is 0. The minimum Gasteiger partial charge on any atom is -0.465 e. The van der Waals surface area contributed by atoms with Crippen molar-refractivity contribution in [2.75, 3.05) is 31.2 Å². The molecule has 27 heavy (non-hydrogen) atoms. The second-order valence-corrected chi connectivity index (χ2v) is 8.69. The molecular weight excluding hydrogens is 356 g/mol. The Hall–Kier alpha value is -1.20. The molecule has 1 unspecified atom stereocenters. The van der Waals surface area contributed by atoms with Gasteiger partial charge in [-0.1, -0.05) is 39.2 Å². The first-order valence-electron chi connectivity index (χ1n) is 10.5. The van der Waals surface area contributed by atoms with Gasteiger partial charge < -0.3 is 10.5 Å². The van der Waals surface area contributed by atoms with E-state index in [0.717, 1.165) is 30.0 Å². The number of anilines is 1. The highest BCUT2D eigenvalue weighted by molar-refractivity contribution is 7.99. The van der Waals surface area contributed by atoms with Gasteiger partial charge in [-0.3, -0.25) is 9.69 Å². The van der Waals surface area contributed by atoms with Crippen LogP contribution in [0.25, 0.3) is 0 Å². The molecule has 5 heteroatoms. The Balaban J connectivity index is 1.68. The van der Waals surface area contributed by atoms with Crippen LogP contribution in [-0.2, 0) is 16.1 Å². The molecule has 0 radical (unpaired) electrons. The molecule has 0 bridgehead atoms. The molecule has 1 aliphatic rings. The molecule has 1 atom stereocenters. The molecule has 0 saturated carbocycles. The Morgan fingerprint density at radius 1 is 1.30 bits per heavy atom. The lowest BCUT2D eigenvalue weighted by Crippen LogP contribution is -2.18. The summed E-state index contributed by atoms with van der Waals surface area (Å²) in [6.07, 6.45) is 7.66. The zero-order chi connectivity index (χ0) is 19.5. The number of ether oxygens (including phenoxy) is 1. The number of unbranched alkanes of at least 4 members (excludes halogenated alkanes) is 1. The van der Waals surface area contributed by atoms with Crippen molar-refractivity contribution < 1.29 is 9.53 Å². The highest BCUT2D eigenvalue weighted by Gasteiger charge is 2.13. The Kier molecular flexibility index (Phi) is 10.1. The number of hydrogen-bond acceptors (Lipinski definition) is 5. The van der Waals surface area contributed by atoms with E-state index in [4.69, 9.17) is 10.5 Å². The van der Waals surface area contributed by atoms with Gasteiger partial charge in [-0.2, -0.15) is 0 Å². The highest BCUT2D eigenvalue weighted by atomic mass is 32.2. The van der Waals surface area contributed by atoms with Gasteiger partial charge >= 0.3 is 5.97 Å². The first-order chi connectivity index (χ1) is 13.1. The summed E-state index contributed by atoms with van der Waals surface area (Å²) in [6, 6.07) is 6.34. The van der Waals surface area contributed by atoms with Gasteiger partial charge in [-0.15, -0.1) is 11.8 Å². The molecule has 0 aliphatic carbocycles. The van der Waals surface area contributed by atoms with Crippen LogP contribution in [0, 0.1) is 5.92 Å². The topological polar surface area (TPSA) is 55.6 Å². The second-order valence-electron chi connectivity index (χ2n) is 7.55. The van der Waals surface area contributed by atoms with Crippen LogP contribution in [0.2, 0.25) is 0 Å². The van der Waals surface area contributed by atoms with Gasteiger partial charge in [0.25, 0.3) is 0 Å². The van der Waals surface area contributed by atoms with E-state index in [-0.39, 0.29) is 5.97 Å². The van der Waals surface area contributed by atoms with E-state index in [1.807, 2.05) is 0 Å². The Morgan fingerprint density at radius 3 is 2.74 bits per heavy atom. The van der Waals surface area contributed by atoms with Crippen molar-refractivity contribution in [2.45, 2.75) is 70.2 Å². The zero-order valence-electron chi connectivity index (χ0n) is 17.0. The van der Waals surface area contributed by atoms with E-state index < -0.39 is 0 Å². The fourth-order valence-corrected chi connectivity index (χ4v) is 4.33. The van der Waals surface area contributed by atoms with E-state index >= 15 is 0 Å². The van der Waals surface area contributed by atoms with Crippen molar-refractivity contribution in [3.63, 3.8) is 0 Å². The van der Waals surface area contributed by atoms with Gasteiger partial charge in [0.15, 0.2) is 0 Å². The summed E-state index contributed by atoms with van der Waals surface area (Å²) in [4.78, 5) is 15.5. The minimum absolute atomic E-state index is 0.0957. The van der Waals surface area contributed by atoms with Crippen molar-refractivity contribution in [3.8, 4) is 0 Å². The van der Waals surface area contributed by atoms with Crippen molar-refractivity contribution in [1.82, 2.24) is 4.90 Å². The molecule has 1 aliphatic heterocycles. The summed E-state index contributed by atoms with van der Waals surface area (Å²) < 4.78 is 5.46. The van der Waals surface area contributed by atoms with E-state index in [2.05, 4.69) is 36.9 Å². The summed E-state index contributed by atoms with van der Waals surface area (Å²) in [7, 11) is 0. The van der Waals surface area contributed by atoms with Gasteiger partial charge in [0.1, 0.15) is 0 Å². The largest absolute Gasteiger partial charge is 0.465 e. The molecule has 0 aromatic heterocycles. The van der Waals surface area contributed by atoms with Crippen LogP contribution in [0.15, 0.2) is 23.1 Å². The predicted octanol–water partition coefficient (Wildman–Crippen LogP) is 5.11. The van der Waals surface area contributed by atoms with Crippen molar-refractivity contribution in [3.05, 3.63) is 23.8 Å². The fourth-order valence-electron chi connectivity index (χ4n) is 3.45. The number of nitrogens with zero attached hydrogens (tertiary/aromatic N) is 1. The van der Waals surface area contributed by atoms with Crippen molar-refractivity contribution in [1.29, 1.82) is 0 Å². The third-order valence-electron chi connectivity index (χ3n) is 5.27. The number of carbonyl (C=O) groups excluding carboxylic acids is 1. The maximum Gasteiger partial charge on any atom is 0.306 e. The maximum atomic E-state index is 12.0. The van der Waals surface area contributed by atoms with Crippen LogP contribution in [0.5, 0.6) is 0 Å². The lowest BCUT2D eigenvalue weighted by atomic mass is 10.0. The summed E-state index contributed by atoms with van der Waals surface area (Å²) in [6.45, 7) is 8.29. The van der Waals surface area contributed by atoms with E-state index in [0.29, 0.717) is 24.7 Å². The number of nitrogen functional groups attached to an aromatic ring is 1. The smallest absolute Gasteiger partial charge is 0.306 e. The number of esters is 1. The lowest BCUT2D eigenvalue weighted by molar-refractivity contribution is -0.144. The normalized spacial score (nSPS) is 15.8. The standard InChI is InChI=1S/C22H36N2O2S/c1-3-5-8-18(4-2)17-26-22(25)11-14-27-21-10-9-19(15-20(21)23)16-24-12-6-7-13-24/h9-10,15,18H,3-8,11-14,16-17,23H2,1-2H3. The summed E-state index contributed by atoms with van der Waals surface area (Å²) >= 11 is 1.64. The zero-order valence-corrected chi connectivity index (χ0v) is 17.9. The molecule has 4 nitrogen and oxygen atoms in total. The number of likely N-dealkylation sites (tertiary alicyclic amines) is 1. The SMILES string of the molecule is CCCCC(CC)COC(=O)CCSc1ccc(CN2CCCC2)cc1N. The average Bonchev–Trinajstić information content (AvgIpc) is 3.16. The fraction of sp³-hybridized carbons (Fsp3) is 0.682. The predicted molar refractivity (Wildman–Crippen MR) is 115 cm³/mol. The summed E-state index contributed by atoms with van der Waals surface area (Å²) in [5.41, 5.74) is 8.31. The van der Waals surface area contributed by atoms with Gasteiger partial charge in [0.05, 0.1) is 13.0 Å². The second kappa shape index (κ2) is 12.3. The van der Waals surface area contributed by atoms with Gasteiger partial charge in [0, 0.05) is 22.9 Å². The van der Waals surface area contributed by atoms with Gasteiger partial charge in [-0.25, -0.2) is 0 Å². The molecule has 1 aromatic carbocycles. The van der Waals surface area contributed by atoms with Crippen LogP contribution in [0.1, 0.15) is 64.4 Å². The molecule has 0 amide bonds. The van der Waals surface area contributed by atoms with Crippen molar-refractivity contribution >= 4 is 23.4 Å². The van der Waals surface area contributed by atoms with E-state index in [1.54, 1.807) is 11.8 Å². The lowest BCUT2D eigenvalue weighted by Gasteiger charge is -2.16. The quantitative estimate of drug-likeness (QED) is 0.304. The molecule has 0 spiro atoms. The number of thioether (sulfide) groups is 1. The first-order valence-corrected chi connectivity index (χ1v) is 11.5. The molecule has 1 heterocycles. The van der Waals surface area contributed by atoms with Crippen LogP contribution in [0.4, 0.5) is 5.69 Å². The molecule has 1 saturated heterocycles. The Morgan fingerprint density at radius 2 is 2.07 bits per heavy atom. The summed E-state index contributed by atoms with van der Waals surface area (Å²) in [5.74, 6) is 1.11. The molecule has 1 fully saturated rings. The van der Waals surface area contributed by atoms with Gasteiger partial charge in [0.2, 0.25) is 0 Å². The molecule has 152 valence electrons. The van der Waals surface area contributed by atoms with Crippen LogP contribution in [-0.4, -0.2) is 36.3 Å². The van der Waals surface area contributed by atoms with Crippen LogP contribution >= 0.6 is 11.8 Å². The molecule has 2 N–H and O–H groups in total. The molecule has 1 aromatic rings. The van der Waals surface area contributed by atoms with Crippen LogP contribution in [0.3, 0.4) is 0 Å². The number of benzene rings is 1. The number of carbonyl (C=O) groups is 1. The first kappa shape index (κ1) is 22.1. The van der Waals surface area contributed by atoms with Gasteiger partial charge in [-0.05, 0) is 56.0 Å². The van der Waals surface area contributed by atoms with Crippen molar-refractivity contribution in [2.24, 2.45) is 5.92 Å². The number of hydrogen-bond donors (Lipinski definition) is 1.